The van der Waals surface area contributed by atoms with Crippen molar-refractivity contribution in [2.75, 3.05) is 20.3 Å². The number of para-hydroxylation sites is 2. The highest BCUT2D eigenvalue weighted by atomic mass is 16.5. The summed E-state index contributed by atoms with van der Waals surface area (Å²) in [5.41, 5.74) is 1.41. The third-order valence-electron chi connectivity index (χ3n) is 4.29. The highest BCUT2D eigenvalue weighted by Gasteiger charge is 2.44. The van der Waals surface area contributed by atoms with Crippen LogP contribution < -0.4 is 14.8 Å². The number of amides is 1. The molecule has 0 saturated heterocycles. The number of methoxy groups -OCH3 is 1. The Labute approximate surface area is 136 Å². The van der Waals surface area contributed by atoms with Gasteiger partial charge in [-0.15, -0.1) is 0 Å². The van der Waals surface area contributed by atoms with Crippen molar-refractivity contribution in [1.29, 1.82) is 0 Å². The zero-order valence-corrected chi connectivity index (χ0v) is 13.2. The van der Waals surface area contributed by atoms with Gasteiger partial charge in [-0.1, -0.05) is 42.5 Å². The first-order valence-electron chi connectivity index (χ1n) is 7.82. The predicted molar refractivity (Wildman–Crippen MR) is 88.9 cm³/mol. The summed E-state index contributed by atoms with van der Waals surface area (Å²) in [7, 11) is 1.58. The number of carbonyl (C=O) groups is 1. The summed E-state index contributed by atoms with van der Waals surface area (Å²) >= 11 is 0. The molecule has 1 amide bonds. The maximum Gasteiger partial charge on any atom is 0.257 e. The summed E-state index contributed by atoms with van der Waals surface area (Å²) in [6.07, 6.45) is 2.23. The molecule has 0 bridgehead atoms. The van der Waals surface area contributed by atoms with Crippen molar-refractivity contribution in [1.82, 2.24) is 5.32 Å². The number of nitrogens with one attached hydrogen (secondary N) is 1. The van der Waals surface area contributed by atoms with Gasteiger partial charge in [0.15, 0.2) is 18.1 Å². The lowest BCUT2D eigenvalue weighted by Gasteiger charge is -2.17. The Bertz CT molecular complexity index is 665. The number of ether oxygens (including phenoxy) is 2. The SMILES string of the molecule is COc1ccccc1OCC(=O)NCC1(c2ccccc2)CC1. The number of rotatable bonds is 7. The highest BCUT2D eigenvalue weighted by Crippen LogP contribution is 2.47. The monoisotopic (exact) mass is 311 g/mol. The maximum absolute atomic E-state index is 12.0. The van der Waals surface area contributed by atoms with E-state index in [-0.39, 0.29) is 17.9 Å². The topological polar surface area (TPSA) is 47.6 Å². The number of benzene rings is 2. The summed E-state index contributed by atoms with van der Waals surface area (Å²) in [6, 6.07) is 17.7. The van der Waals surface area contributed by atoms with E-state index < -0.39 is 0 Å². The van der Waals surface area contributed by atoms with Crippen LogP contribution in [0.4, 0.5) is 0 Å². The predicted octanol–water partition coefficient (Wildman–Crippen LogP) is 2.92. The van der Waals surface area contributed by atoms with Crippen LogP contribution in [0, 0.1) is 0 Å². The normalized spacial score (nSPS) is 14.8. The quantitative estimate of drug-likeness (QED) is 0.855. The van der Waals surface area contributed by atoms with Crippen LogP contribution in [0.25, 0.3) is 0 Å². The molecule has 4 nitrogen and oxygen atoms in total. The number of hydrogen-bond donors (Lipinski definition) is 1. The molecular weight excluding hydrogens is 290 g/mol. The second-order valence-corrected chi connectivity index (χ2v) is 5.86. The molecule has 1 aliphatic rings. The van der Waals surface area contributed by atoms with E-state index in [0.717, 1.165) is 12.8 Å². The first-order valence-corrected chi connectivity index (χ1v) is 7.82. The van der Waals surface area contributed by atoms with E-state index in [9.17, 15) is 4.79 Å². The lowest BCUT2D eigenvalue weighted by atomic mass is 9.96. The molecule has 0 heterocycles. The zero-order chi connectivity index (χ0) is 16.1. The molecule has 0 radical (unpaired) electrons. The van der Waals surface area contributed by atoms with Crippen molar-refractivity contribution in [3.05, 3.63) is 60.2 Å². The summed E-state index contributed by atoms with van der Waals surface area (Å²) in [6.45, 7) is 0.649. The van der Waals surface area contributed by atoms with Crippen molar-refractivity contribution in [2.45, 2.75) is 18.3 Å². The largest absolute Gasteiger partial charge is 0.493 e. The molecule has 2 aromatic rings. The lowest BCUT2D eigenvalue weighted by Crippen LogP contribution is -2.35. The molecule has 0 unspecified atom stereocenters. The van der Waals surface area contributed by atoms with E-state index >= 15 is 0 Å². The average molecular weight is 311 g/mol. The maximum atomic E-state index is 12.0. The molecule has 1 saturated carbocycles. The minimum absolute atomic E-state index is 0.00869. The van der Waals surface area contributed by atoms with Gasteiger partial charge in [0.05, 0.1) is 7.11 Å². The first kappa shape index (κ1) is 15.4. The highest BCUT2D eigenvalue weighted by molar-refractivity contribution is 5.77. The molecule has 1 N–H and O–H groups in total. The van der Waals surface area contributed by atoms with Gasteiger partial charge in [-0.25, -0.2) is 0 Å². The number of carbonyl (C=O) groups excluding carboxylic acids is 1. The second-order valence-electron chi connectivity index (χ2n) is 5.86. The fourth-order valence-electron chi connectivity index (χ4n) is 2.71. The van der Waals surface area contributed by atoms with E-state index in [0.29, 0.717) is 18.0 Å². The molecule has 0 atom stereocenters. The van der Waals surface area contributed by atoms with Crippen molar-refractivity contribution in [2.24, 2.45) is 0 Å². The van der Waals surface area contributed by atoms with Gasteiger partial charge in [0, 0.05) is 12.0 Å². The van der Waals surface area contributed by atoms with Gasteiger partial charge in [0.1, 0.15) is 0 Å². The Morgan fingerprint density at radius 1 is 1.04 bits per heavy atom. The van der Waals surface area contributed by atoms with E-state index in [1.165, 1.54) is 5.56 Å². The fraction of sp³-hybridized carbons (Fsp3) is 0.316. The van der Waals surface area contributed by atoms with Gasteiger partial charge < -0.3 is 14.8 Å². The summed E-state index contributed by atoms with van der Waals surface area (Å²) in [5, 5.41) is 2.99. The van der Waals surface area contributed by atoms with Gasteiger partial charge in [0.2, 0.25) is 0 Å². The third kappa shape index (κ3) is 3.65. The molecule has 0 aromatic heterocycles. The van der Waals surface area contributed by atoms with Crippen molar-refractivity contribution >= 4 is 5.91 Å². The molecule has 2 aromatic carbocycles. The Balaban J connectivity index is 1.51. The Hall–Kier alpha value is -2.49. The van der Waals surface area contributed by atoms with Gasteiger partial charge >= 0.3 is 0 Å². The van der Waals surface area contributed by atoms with Crippen molar-refractivity contribution in [3.8, 4) is 11.5 Å². The van der Waals surface area contributed by atoms with Gasteiger partial charge in [-0.2, -0.15) is 0 Å². The molecule has 1 fully saturated rings. The number of hydrogen-bond acceptors (Lipinski definition) is 3. The standard InChI is InChI=1S/C19H21NO3/c1-22-16-9-5-6-10-17(16)23-13-18(21)20-14-19(11-12-19)15-7-3-2-4-8-15/h2-10H,11-14H2,1H3,(H,20,21). The molecule has 0 aliphatic heterocycles. The first-order chi connectivity index (χ1) is 11.2. The Morgan fingerprint density at radius 3 is 2.35 bits per heavy atom. The van der Waals surface area contributed by atoms with E-state index in [1.807, 2.05) is 36.4 Å². The molecule has 0 spiro atoms. The van der Waals surface area contributed by atoms with E-state index in [4.69, 9.17) is 9.47 Å². The Kier molecular flexibility index (Phi) is 4.51. The zero-order valence-electron chi connectivity index (χ0n) is 13.2. The average Bonchev–Trinajstić information content (AvgIpc) is 3.40. The molecule has 120 valence electrons. The lowest BCUT2D eigenvalue weighted by molar-refractivity contribution is -0.123. The van der Waals surface area contributed by atoms with Crippen LogP contribution in [0.15, 0.2) is 54.6 Å². The van der Waals surface area contributed by atoms with Crippen LogP contribution >= 0.6 is 0 Å². The Morgan fingerprint density at radius 2 is 1.70 bits per heavy atom. The van der Waals surface area contributed by atoms with Crippen molar-refractivity contribution < 1.29 is 14.3 Å². The van der Waals surface area contributed by atoms with E-state index in [1.54, 1.807) is 13.2 Å². The van der Waals surface area contributed by atoms with Crippen LogP contribution in [-0.2, 0) is 10.2 Å². The minimum Gasteiger partial charge on any atom is -0.493 e. The van der Waals surface area contributed by atoms with Crippen LogP contribution in [0.3, 0.4) is 0 Å². The molecular formula is C19H21NO3. The van der Waals surface area contributed by atoms with E-state index in [2.05, 4.69) is 17.4 Å². The van der Waals surface area contributed by atoms with Gasteiger partial charge in [0.25, 0.3) is 5.91 Å². The smallest absolute Gasteiger partial charge is 0.257 e. The minimum atomic E-state index is -0.113. The summed E-state index contributed by atoms with van der Waals surface area (Å²) in [4.78, 5) is 12.0. The molecule has 3 rings (SSSR count). The summed E-state index contributed by atoms with van der Waals surface area (Å²) < 4.78 is 10.7. The third-order valence-corrected chi connectivity index (χ3v) is 4.29. The second kappa shape index (κ2) is 6.73. The van der Waals surface area contributed by atoms with Gasteiger partial charge in [-0.05, 0) is 30.5 Å². The fourth-order valence-corrected chi connectivity index (χ4v) is 2.71. The van der Waals surface area contributed by atoms with Crippen LogP contribution in [-0.4, -0.2) is 26.2 Å². The molecule has 23 heavy (non-hydrogen) atoms. The van der Waals surface area contributed by atoms with Crippen molar-refractivity contribution in [3.63, 3.8) is 0 Å². The van der Waals surface area contributed by atoms with Crippen LogP contribution in [0.1, 0.15) is 18.4 Å². The summed E-state index contributed by atoms with van der Waals surface area (Å²) in [5.74, 6) is 1.09. The van der Waals surface area contributed by atoms with Gasteiger partial charge in [-0.3, -0.25) is 4.79 Å². The van der Waals surface area contributed by atoms with Crippen LogP contribution in [0.5, 0.6) is 11.5 Å². The van der Waals surface area contributed by atoms with Crippen LogP contribution in [0.2, 0.25) is 0 Å². The molecule has 1 aliphatic carbocycles. The molecule has 4 heteroatoms.